The van der Waals surface area contributed by atoms with E-state index in [-0.39, 0.29) is 68.1 Å². The first-order valence-corrected chi connectivity index (χ1v) is 24.3. The van der Waals surface area contributed by atoms with Crippen LogP contribution in [-0.2, 0) is 60.4 Å². The first kappa shape index (κ1) is 49.2. The normalized spacial score (nSPS) is 19.4. The minimum Gasteiger partial charge on any atom is -0.345 e. The molecule has 364 valence electrons. The number of amides is 8. The van der Waals surface area contributed by atoms with Gasteiger partial charge in [0.05, 0.1) is 12.1 Å². The molecule has 2 atom stereocenters. The number of thiophene rings is 1. The number of imide groups is 2. The lowest BCUT2D eigenvalue weighted by Crippen LogP contribution is -2.52. The third-order valence-electron chi connectivity index (χ3n) is 13.6. The molecule has 4 aromatic rings. The molecule has 0 bridgehead atoms. The largest absolute Gasteiger partial charge is 0.345 e. The number of Topliss-reactive ketones (excluding diaryl/α,β-unsaturated/α-hetero) is 2. The van der Waals surface area contributed by atoms with Gasteiger partial charge in [-0.1, -0.05) is 75.4 Å². The van der Waals surface area contributed by atoms with Gasteiger partial charge in [0.25, 0.3) is 23.6 Å². The van der Waals surface area contributed by atoms with Gasteiger partial charge >= 0.3 is 0 Å². The first-order chi connectivity index (χ1) is 33.4. The zero-order chi connectivity index (χ0) is 50.0. The molecule has 8 amide bonds. The van der Waals surface area contributed by atoms with Crippen LogP contribution >= 0.6 is 11.3 Å². The molecule has 5 aliphatic rings. The summed E-state index contributed by atoms with van der Waals surface area (Å²) >= 11 is 1.34. The zero-order valence-electron chi connectivity index (χ0n) is 39.5. The monoisotopic (exact) mass is 969 g/mol. The molecule has 0 aliphatic carbocycles. The third kappa shape index (κ3) is 10.7. The molecule has 0 spiro atoms. The van der Waals surface area contributed by atoms with Gasteiger partial charge < -0.3 is 25.3 Å². The van der Waals surface area contributed by atoms with Crippen molar-refractivity contribution in [3.8, 4) is 0 Å². The van der Waals surface area contributed by atoms with Crippen molar-refractivity contribution in [2.45, 2.75) is 109 Å². The number of nitrogens with one attached hydrogen (secondary N) is 4. The predicted octanol–water partition coefficient (Wildman–Crippen LogP) is 4.06. The van der Waals surface area contributed by atoms with Gasteiger partial charge in [0.2, 0.25) is 35.2 Å². The van der Waals surface area contributed by atoms with Gasteiger partial charge in [-0.05, 0) is 97.1 Å². The van der Waals surface area contributed by atoms with Gasteiger partial charge in [0.1, 0.15) is 12.1 Å². The van der Waals surface area contributed by atoms with E-state index in [4.69, 9.17) is 0 Å². The molecule has 70 heavy (non-hydrogen) atoms. The number of rotatable bonds is 11. The van der Waals surface area contributed by atoms with E-state index in [2.05, 4.69) is 33.2 Å². The Morgan fingerprint density at radius 2 is 1.26 bits per heavy atom. The van der Waals surface area contributed by atoms with Crippen LogP contribution in [0.2, 0.25) is 0 Å². The van der Waals surface area contributed by atoms with Crippen LogP contribution in [0.15, 0.2) is 72.1 Å². The summed E-state index contributed by atoms with van der Waals surface area (Å²) in [6.45, 7) is 8.96. The third-order valence-corrected chi connectivity index (χ3v) is 14.6. The van der Waals surface area contributed by atoms with Crippen molar-refractivity contribution in [2.75, 3.05) is 20.1 Å². The van der Waals surface area contributed by atoms with E-state index in [0.717, 1.165) is 53.1 Å². The fraction of sp³-hybridized carbons (Fsp3) is 0.385. The molecule has 3 fully saturated rings. The lowest BCUT2D eigenvalue weighted by Gasteiger charge is -2.29. The number of hydrogen-bond donors (Lipinski definition) is 4. The number of benzene rings is 3. The summed E-state index contributed by atoms with van der Waals surface area (Å²) in [7, 11) is 2.12. The lowest BCUT2D eigenvalue weighted by atomic mass is 9.86. The fourth-order valence-electron chi connectivity index (χ4n) is 9.43. The molecule has 18 heteroatoms. The Bertz CT molecular complexity index is 2820. The Kier molecular flexibility index (Phi) is 14.4. The van der Waals surface area contributed by atoms with Gasteiger partial charge in [0, 0.05) is 59.4 Å². The van der Waals surface area contributed by atoms with Crippen molar-refractivity contribution in [3.63, 3.8) is 0 Å². The van der Waals surface area contributed by atoms with E-state index in [1.165, 1.54) is 26.7 Å². The topological polar surface area (TPSA) is 229 Å². The number of carbonyl (C=O) groups excluding carboxylic acids is 10. The van der Waals surface area contributed by atoms with Crippen molar-refractivity contribution < 1.29 is 47.9 Å². The van der Waals surface area contributed by atoms with Crippen LogP contribution in [0.5, 0.6) is 0 Å². The van der Waals surface area contributed by atoms with Crippen LogP contribution in [0.4, 0.5) is 0 Å². The van der Waals surface area contributed by atoms with Crippen LogP contribution in [0.1, 0.15) is 139 Å². The van der Waals surface area contributed by atoms with Crippen LogP contribution in [-0.4, -0.2) is 106 Å². The van der Waals surface area contributed by atoms with E-state index in [9.17, 15) is 47.9 Å². The maximum absolute atomic E-state index is 12.8. The van der Waals surface area contributed by atoms with Crippen molar-refractivity contribution in [1.29, 1.82) is 0 Å². The highest BCUT2D eigenvalue weighted by molar-refractivity contribution is 7.10. The van der Waals surface area contributed by atoms with Gasteiger partial charge in [-0.2, -0.15) is 0 Å². The van der Waals surface area contributed by atoms with Gasteiger partial charge in [-0.15, -0.1) is 11.3 Å². The number of hydrogen-bond acceptors (Lipinski definition) is 12. The second kappa shape index (κ2) is 20.4. The average molecular weight is 970 g/mol. The van der Waals surface area contributed by atoms with E-state index in [0.29, 0.717) is 41.0 Å². The van der Waals surface area contributed by atoms with E-state index >= 15 is 0 Å². The summed E-state index contributed by atoms with van der Waals surface area (Å²) < 4.78 is 0. The van der Waals surface area contributed by atoms with Crippen LogP contribution in [0, 0.1) is 0 Å². The highest BCUT2D eigenvalue weighted by Crippen LogP contribution is 2.34. The van der Waals surface area contributed by atoms with E-state index in [1.54, 1.807) is 53.9 Å². The van der Waals surface area contributed by atoms with E-state index in [1.807, 2.05) is 39.0 Å². The van der Waals surface area contributed by atoms with Crippen molar-refractivity contribution in [3.05, 3.63) is 127 Å². The van der Waals surface area contributed by atoms with Crippen LogP contribution in [0.3, 0.4) is 0 Å². The van der Waals surface area contributed by atoms with Crippen LogP contribution < -0.4 is 21.3 Å². The Morgan fingerprint density at radius 1 is 0.671 bits per heavy atom. The molecule has 0 saturated carbocycles. The Balaban J connectivity index is 0.000000189. The second-order valence-electron chi connectivity index (χ2n) is 19.4. The Morgan fingerprint density at radius 3 is 1.87 bits per heavy atom. The first-order valence-electron chi connectivity index (χ1n) is 23.4. The van der Waals surface area contributed by atoms with Crippen molar-refractivity contribution in [1.82, 2.24) is 36.0 Å². The molecule has 0 radical (unpaired) electrons. The Labute approximate surface area is 408 Å². The molecule has 2 unspecified atom stereocenters. The fourth-order valence-corrected chi connectivity index (χ4v) is 10.4. The quantitative estimate of drug-likeness (QED) is 0.0952. The summed E-state index contributed by atoms with van der Waals surface area (Å²) in [6, 6.07) is 18.2. The number of piperidine rings is 3. The number of nitrogens with zero attached hydrogens (tertiary/aromatic N) is 3. The molecule has 3 saturated heterocycles. The molecule has 9 rings (SSSR count). The summed E-state index contributed by atoms with van der Waals surface area (Å²) in [5, 5.41) is 11.6. The minimum absolute atomic E-state index is 0.120. The maximum Gasteiger partial charge on any atom is 0.292 e. The van der Waals surface area contributed by atoms with Gasteiger partial charge in [0.15, 0.2) is 0 Å². The van der Waals surface area contributed by atoms with Crippen molar-refractivity contribution >= 4 is 70.2 Å². The summed E-state index contributed by atoms with van der Waals surface area (Å²) in [5.41, 5.74) is 5.94. The summed E-state index contributed by atoms with van der Waals surface area (Å²) in [5.74, 6) is -4.22. The number of fused-ring (bicyclic) bond motifs is 2. The summed E-state index contributed by atoms with van der Waals surface area (Å²) in [6.07, 6.45) is 3.14. The SMILES string of the molecule is CC(C)(C)c1cccc(C(=O)C(=O)NCc2ccc3c(c2)CN(C2CCC(=O)NC2=O)C3=O)c1.CN1CCC(c2ccc(C(=O)C(=O)NCc3scc4c3CN(C3CCC(=O)NC3=O)C4=O)cc2)CC1. The average Bonchev–Trinajstić information content (AvgIpc) is 4.01. The number of carbonyl (C=O) groups is 10. The molecule has 1 aromatic heterocycles. The molecular weight excluding hydrogens is 915 g/mol. The highest BCUT2D eigenvalue weighted by Gasteiger charge is 2.41. The minimum atomic E-state index is -0.701. The number of ketones is 2. The summed E-state index contributed by atoms with van der Waals surface area (Å²) in [4.78, 5) is 129. The molecule has 3 aromatic carbocycles. The Hall–Kier alpha value is -7.18. The molecule has 17 nitrogen and oxygen atoms in total. The van der Waals surface area contributed by atoms with Crippen molar-refractivity contribution in [2.24, 2.45) is 0 Å². The molecule has 4 N–H and O–H groups in total. The van der Waals surface area contributed by atoms with Crippen LogP contribution in [0.25, 0.3) is 0 Å². The predicted molar refractivity (Wildman–Crippen MR) is 256 cm³/mol. The molecule has 5 aliphatic heterocycles. The standard InChI is InChI=1S/C26H28N4O5S.C26H27N3O5/c1-29-10-8-16(9-11-29)15-2-4-17(5-3-15)23(32)25(34)27-12-21-18-13-30(26(35)19(18)14-36-21)20-6-7-22(31)28-24(20)33;1-26(2,3)18-6-4-5-16(12-18)22(31)24(33)27-13-15-7-8-19-17(11-15)14-29(25(19)34)20-9-10-21(30)28-23(20)32/h2-5,14,16,20H,6-13H2,1H3,(H,27,34)(H,28,31,33);4-8,11-12,20H,9-10,13-14H2,1-3H3,(H,27,33)(H,28,30,32). The molecule has 6 heterocycles. The highest BCUT2D eigenvalue weighted by atomic mass is 32.1. The lowest BCUT2D eigenvalue weighted by molar-refractivity contribution is -0.138. The van der Waals surface area contributed by atoms with Gasteiger partial charge in [-0.25, -0.2) is 0 Å². The van der Waals surface area contributed by atoms with E-state index < -0.39 is 47.3 Å². The zero-order valence-corrected chi connectivity index (χ0v) is 40.3. The number of likely N-dealkylation sites (tertiary alicyclic amines) is 1. The molecular formula is C52H55N7O10S. The second-order valence-corrected chi connectivity index (χ2v) is 20.4. The van der Waals surface area contributed by atoms with Gasteiger partial charge in [-0.3, -0.25) is 58.6 Å². The smallest absolute Gasteiger partial charge is 0.292 e. The maximum atomic E-state index is 12.8.